The van der Waals surface area contributed by atoms with E-state index in [9.17, 15) is 19.1 Å². The van der Waals surface area contributed by atoms with Crippen molar-refractivity contribution in [2.24, 2.45) is 0 Å². The van der Waals surface area contributed by atoms with Crippen LogP contribution in [0.3, 0.4) is 0 Å². The molecule has 2 aromatic carbocycles. The number of aliphatic hydroxyl groups is 1. The molecule has 0 aliphatic carbocycles. The summed E-state index contributed by atoms with van der Waals surface area (Å²) >= 11 is 0. The number of rotatable bonds is 7. The average molecular weight is 632 g/mol. The van der Waals surface area contributed by atoms with Crippen molar-refractivity contribution in [3.05, 3.63) is 83.7 Å². The number of carbonyl (C=O) groups excluding carboxylic acids is 2. The number of anilines is 3. The van der Waals surface area contributed by atoms with Gasteiger partial charge in [-0.2, -0.15) is 0 Å². The molecule has 0 spiro atoms. The molecule has 1 saturated heterocycles. The van der Waals surface area contributed by atoms with Crippen LogP contribution < -0.4 is 20.7 Å². The molecule has 1 aromatic heterocycles. The fraction of sp³-hybridized carbons (Fsp3) is 0.303. The van der Waals surface area contributed by atoms with Crippen LogP contribution in [-0.2, 0) is 4.79 Å². The lowest BCUT2D eigenvalue weighted by Crippen LogP contribution is -2.55. The third-order valence-electron chi connectivity index (χ3n) is 7.61. The highest BCUT2D eigenvalue weighted by Crippen LogP contribution is 2.32. The van der Waals surface area contributed by atoms with Gasteiger partial charge in [0, 0.05) is 68.1 Å². The molecule has 0 saturated carbocycles. The summed E-state index contributed by atoms with van der Waals surface area (Å²) in [5, 5.41) is 13.6. The summed E-state index contributed by atoms with van der Waals surface area (Å²) < 4.78 is 34.6. The standard InChI is InChI=1S/C33H35F2N7O4/c1-21(2)41-20-26(32(44)42(33(41)45)24-9-6-22(34)7-10-24)31(43)38-23-8-11-29(27(35)19-23)46-28-12-13-37-30(36)25(28)5-4-14-40-17-15-39(3)16-18-40/h6-13,19-21,32,44H,14-18H2,1-3H3,(H2,36,37)(H,38,43). The highest BCUT2D eigenvalue weighted by Gasteiger charge is 2.38. The maximum Gasteiger partial charge on any atom is 0.331 e. The molecule has 46 heavy (non-hydrogen) atoms. The number of piperazine rings is 1. The van der Waals surface area contributed by atoms with Crippen molar-refractivity contribution in [3.63, 3.8) is 0 Å². The first-order valence-corrected chi connectivity index (χ1v) is 14.7. The summed E-state index contributed by atoms with van der Waals surface area (Å²) in [7, 11) is 2.08. The molecule has 1 atom stereocenters. The van der Waals surface area contributed by atoms with Crippen molar-refractivity contribution >= 4 is 29.1 Å². The molecule has 0 bridgehead atoms. The van der Waals surface area contributed by atoms with E-state index < -0.39 is 29.8 Å². The minimum absolute atomic E-state index is 0.0747. The molecule has 4 N–H and O–H groups in total. The highest BCUT2D eigenvalue weighted by atomic mass is 19.1. The van der Waals surface area contributed by atoms with Crippen LogP contribution in [0.5, 0.6) is 11.5 Å². The number of benzene rings is 2. The molecule has 11 nitrogen and oxygen atoms in total. The topological polar surface area (TPSA) is 128 Å². The number of amides is 3. The number of likely N-dealkylation sites (N-methyl/N-ethyl adjacent to an activating group) is 1. The zero-order valence-electron chi connectivity index (χ0n) is 25.7. The first-order valence-electron chi connectivity index (χ1n) is 14.7. The third kappa shape index (κ3) is 7.26. The van der Waals surface area contributed by atoms with Crippen LogP contribution in [0, 0.1) is 23.5 Å². The molecule has 1 unspecified atom stereocenters. The SMILES string of the molecule is CC(C)N1C=C(C(=O)Nc2ccc(Oc3ccnc(N)c3C#CCN3CCN(C)CC3)c(F)c2)C(O)N(c2ccc(F)cc2)C1=O. The lowest BCUT2D eigenvalue weighted by atomic mass is 10.1. The van der Waals surface area contributed by atoms with Gasteiger partial charge in [0.25, 0.3) is 5.91 Å². The van der Waals surface area contributed by atoms with Gasteiger partial charge < -0.3 is 25.8 Å². The number of aliphatic hydroxyl groups excluding tert-OH is 1. The number of nitrogens with one attached hydrogen (secondary N) is 1. The Balaban J connectivity index is 1.31. The number of aromatic nitrogens is 1. The second-order valence-corrected chi connectivity index (χ2v) is 11.2. The van der Waals surface area contributed by atoms with Crippen LogP contribution in [-0.4, -0.2) is 88.8 Å². The van der Waals surface area contributed by atoms with E-state index in [0.717, 1.165) is 49.3 Å². The summed E-state index contributed by atoms with van der Waals surface area (Å²) in [6.45, 7) is 7.75. The summed E-state index contributed by atoms with van der Waals surface area (Å²) in [6.07, 6.45) is 1.00. The van der Waals surface area contributed by atoms with E-state index >= 15 is 4.39 Å². The maximum absolute atomic E-state index is 15.3. The average Bonchev–Trinajstić information content (AvgIpc) is 3.01. The minimum Gasteiger partial charge on any atom is -0.453 e. The van der Waals surface area contributed by atoms with Crippen LogP contribution in [0.15, 0.2) is 66.5 Å². The van der Waals surface area contributed by atoms with E-state index in [-0.39, 0.29) is 40.3 Å². The number of nitrogens with zero attached hydrogens (tertiary/aromatic N) is 5. The molecule has 13 heteroatoms. The fourth-order valence-corrected chi connectivity index (χ4v) is 4.94. The summed E-state index contributed by atoms with van der Waals surface area (Å²) in [6, 6.07) is 9.33. The Morgan fingerprint density at radius 1 is 1.11 bits per heavy atom. The lowest BCUT2D eigenvalue weighted by molar-refractivity contribution is -0.113. The molecule has 240 valence electrons. The molecule has 2 aliphatic rings. The first-order chi connectivity index (χ1) is 22.0. The Labute approximate surface area is 265 Å². The molecule has 2 aliphatic heterocycles. The summed E-state index contributed by atoms with van der Waals surface area (Å²) in [4.78, 5) is 37.3. The second-order valence-electron chi connectivity index (χ2n) is 11.2. The number of urea groups is 1. The zero-order valence-corrected chi connectivity index (χ0v) is 25.7. The first kappa shape index (κ1) is 32.4. The predicted octanol–water partition coefficient (Wildman–Crippen LogP) is 3.82. The van der Waals surface area contributed by atoms with Gasteiger partial charge in [0.1, 0.15) is 22.9 Å². The van der Waals surface area contributed by atoms with Gasteiger partial charge in [0.05, 0.1) is 12.1 Å². The Hall–Kier alpha value is -5.03. The van der Waals surface area contributed by atoms with Crippen LogP contribution >= 0.6 is 0 Å². The van der Waals surface area contributed by atoms with Gasteiger partial charge in [-0.15, -0.1) is 0 Å². The Morgan fingerprint density at radius 3 is 2.50 bits per heavy atom. The van der Waals surface area contributed by atoms with E-state index in [1.165, 1.54) is 47.6 Å². The second kappa shape index (κ2) is 13.9. The van der Waals surface area contributed by atoms with Crippen molar-refractivity contribution in [1.82, 2.24) is 19.7 Å². The summed E-state index contributed by atoms with van der Waals surface area (Å²) in [5.74, 6) is 4.28. The van der Waals surface area contributed by atoms with E-state index in [4.69, 9.17) is 10.5 Å². The van der Waals surface area contributed by atoms with Crippen LogP contribution in [0.1, 0.15) is 19.4 Å². The molecule has 0 radical (unpaired) electrons. The van der Waals surface area contributed by atoms with E-state index in [2.05, 4.69) is 39.0 Å². The van der Waals surface area contributed by atoms with Crippen molar-refractivity contribution in [3.8, 4) is 23.3 Å². The third-order valence-corrected chi connectivity index (χ3v) is 7.61. The number of hydrogen-bond acceptors (Lipinski definition) is 8. The number of nitrogen functional groups attached to an aromatic ring is 1. The molecular weight excluding hydrogens is 596 g/mol. The predicted molar refractivity (Wildman–Crippen MR) is 170 cm³/mol. The van der Waals surface area contributed by atoms with Crippen molar-refractivity contribution < 1.29 is 28.2 Å². The largest absolute Gasteiger partial charge is 0.453 e. The Morgan fingerprint density at radius 2 is 1.83 bits per heavy atom. The highest BCUT2D eigenvalue weighted by molar-refractivity contribution is 6.08. The quantitative estimate of drug-likeness (QED) is 0.336. The molecule has 3 aromatic rings. The zero-order chi connectivity index (χ0) is 33.0. The molecule has 5 rings (SSSR count). The normalized spacial score (nSPS) is 17.4. The van der Waals surface area contributed by atoms with E-state index in [0.29, 0.717) is 12.1 Å². The summed E-state index contributed by atoms with van der Waals surface area (Å²) in [5.41, 5.74) is 6.50. The van der Waals surface area contributed by atoms with Crippen LogP contribution in [0.2, 0.25) is 0 Å². The van der Waals surface area contributed by atoms with E-state index in [1.807, 2.05) is 0 Å². The van der Waals surface area contributed by atoms with E-state index in [1.54, 1.807) is 13.8 Å². The van der Waals surface area contributed by atoms with Gasteiger partial charge >= 0.3 is 6.03 Å². The Kier molecular flexibility index (Phi) is 9.81. The van der Waals surface area contributed by atoms with Gasteiger partial charge in [-0.3, -0.25) is 19.5 Å². The van der Waals surface area contributed by atoms with Gasteiger partial charge in [-0.25, -0.2) is 18.6 Å². The number of nitrogens with two attached hydrogens (primary N) is 1. The monoisotopic (exact) mass is 631 g/mol. The van der Waals surface area contributed by atoms with Gasteiger partial charge in [-0.1, -0.05) is 11.8 Å². The van der Waals surface area contributed by atoms with Crippen molar-refractivity contribution in [2.45, 2.75) is 26.1 Å². The van der Waals surface area contributed by atoms with Crippen molar-refractivity contribution in [1.29, 1.82) is 0 Å². The fourth-order valence-electron chi connectivity index (χ4n) is 4.94. The molecular formula is C33H35F2N7O4. The Bertz CT molecular complexity index is 1700. The van der Waals surface area contributed by atoms with Gasteiger partial charge in [0.15, 0.2) is 17.8 Å². The van der Waals surface area contributed by atoms with Gasteiger partial charge in [0.2, 0.25) is 0 Å². The molecule has 3 heterocycles. The van der Waals surface area contributed by atoms with Crippen LogP contribution in [0.4, 0.5) is 30.8 Å². The molecule has 1 fully saturated rings. The number of ether oxygens (including phenoxy) is 1. The lowest BCUT2D eigenvalue weighted by Gasteiger charge is -2.39. The number of halogens is 2. The van der Waals surface area contributed by atoms with Crippen molar-refractivity contribution in [2.75, 3.05) is 55.7 Å². The molecule has 3 amide bonds. The number of hydrogen-bond donors (Lipinski definition) is 3. The van der Waals surface area contributed by atoms with Gasteiger partial charge in [-0.05, 0) is 57.3 Å². The number of carbonyl (C=O) groups is 2. The smallest absolute Gasteiger partial charge is 0.331 e. The van der Waals surface area contributed by atoms with Crippen LogP contribution in [0.25, 0.3) is 0 Å². The minimum atomic E-state index is -1.69. The number of pyridine rings is 1. The maximum atomic E-state index is 15.3.